The van der Waals surface area contributed by atoms with Crippen molar-refractivity contribution in [3.63, 3.8) is 0 Å². The minimum Gasteiger partial charge on any atom is -0.396 e. The van der Waals surface area contributed by atoms with Crippen molar-refractivity contribution in [1.82, 2.24) is 9.78 Å². The number of hydrogen-bond acceptors (Lipinski definition) is 2. The Labute approximate surface area is 67.2 Å². The third-order valence-corrected chi connectivity index (χ3v) is 1.92. The van der Waals surface area contributed by atoms with Crippen LogP contribution in [0.3, 0.4) is 0 Å². The normalized spacial score (nSPS) is 10.5. The fraction of sp³-hybridized carbons (Fsp3) is 0.625. The van der Waals surface area contributed by atoms with Crippen LogP contribution in [-0.2, 0) is 13.0 Å². The average molecular weight is 153 g/mol. The molecule has 0 aliphatic rings. The number of nitrogens with zero attached hydrogens (tertiary/aromatic N) is 2. The van der Waals surface area contributed by atoms with Crippen LogP contribution in [0.25, 0.3) is 0 Å². The van der Waals surface area contributed by atoms with Gasteiger partial charge in [-0.3, -0.25) is 4.68 Å². The fourth-order valence-corrected chi connectivity index (χ4v) is 1.28. The van der Waals surface area contributed by atoms with Crippen LogP contribution in [0.2, 0.25) is 0 Å². The molecule has 0 atom stereocenters. The van der Waals surface area contributed by atoms with Gasteiger partial charge in [-0.25, -0.2) is 0 Å². The number of hydrogen-bond donors (Lipinski definition) is 1. The van der Waals surface area contributed by atoms with Gasteiger partial charge in [0.15, 0.2) is 0 Å². The molecule has 0 unspecified atom stereocenters. The van der Waals surface area contributed by atoms with Crippen LogP contribution < -0.4 is 5.73 Å². The second-order valence-electron chi connectivity index (χ2n) is 2.62. The highest BCUT2D eigenvalue weighted by molar-refractivity contribution is 5.47. The lowest BCUT2D eigenvalue weighted by molar-refractivity contribution is 0.622. The van der Waals surface area contributed by atoms with E-state index in [1.807, 2.05) is 11.6 Å². The number of nitrogen functional groups attached to an aromatic ring is 1. The van der Waals surface area contributed by atoms with Crippen molar-refractivity contribution < 1.29 is 0 Å². The molecule has 2 N–H and O–H groups in total. The van der Waals surface area contributed by atoms with E-state index in [0.717, 1.165) is 30.0 Å². The monoisotopic (exact) mass is 153 g/mol. The Kier molecular flexibility index (Phi) is 2.17. The van der Waals surface area contributed by atoms with Crippen molar-refractivity contribution in [1.29, 1.82) is 0 Å². The van der Waals surface area contributed by atoms with E-state index in [-0.39, 0.29) is 0 Å². The Bertz CT molecular complexity index is 250. The second-order valence-corrected chi connectivity index (χ2v) is 2.62. The third kappa shape index (κ3) is 1.23. The number of aromatic nitrogens is 2. The molecule has 11 heavy (non-hydrogen) atoms. The van der Waals surface area contributed by atoms with E-state index in [0.29, 0.717) is 0 Å². The van der Waals surface area contributed by atoms with Crippen LogP contribution in [0.1, 0.15) is 25.2 Å². The van der Waals surface area contributed by atoms with Gasteiger partial charge in [-0.1, -0.05) is 6.92 Å². The molecule has 0 radical (unpaired) electrons. The first-order valence-corrected chi connectivity index (χ1v) is 4.02. The summed E-state index contributed by atoms with van der Waals surface area (Å²) in [5, 5.41) is 4.29. The van der Waals surface area contributed by atoms with Crippen molar-refractivity contribution in [2.24, 2.45) is 0 Å². The zero-order chi connectivity index (χ0) is 8.43. The number of aryl methyl sites for hydroxylation is 2. The molecule has 0 bridgehead atoms. The Hall–Kier alpha value is -0.990. The van der Waals surface area contributed by atoms with E-state index < -0.39 is 0 Å². The molecule has 0 aliphatic heterocycles. The SMILES string of the molecule is CCc1c(N)c(C)nn1CC. The van der Waals surface area contributed by atoms with Gasteiger partial charge in [0.25, 0.3) is 0 Å². The van der Waals surface area contributed by atoms with Gasteiger partial charge in [0.2, 0.25) is 0 Å². The van der Waals surface area contributed by atoms with Crippen LogP contribution in [0.5, 0.6) is 0 Å². The number of nitrogens with two attached hydrogens (primary N) is 1. The van der Waals surface area contributed by atoms with Gasteiger partial charge in [0.1, 0.15) is 0 Å². The summed E-state index contributed by atoms with van der Waals surface area (Å²) >= 11 is 0. The van der Waals surface area contributed by atoms with Crippen molar-refractivity contribution in [2.45, 2.75) is 33.7 Å². The molecule has 0 saturated heterocycles. The molecule has 1 aromatic heterocycles. The summed E-state index contributed by atoms with van der Waals surface area (Å²) in [7, 11) is 0. The topological polar surface area (TPSA) is 43.8 Å². The molecule has 62 valence electrons. The van der Waals surface area contributed by atoms with Crippen molar-refractivity contribution in [2.75, 3.05) is 5.73 Å². The second kappa shape index (κ2) is 2.95. The van der Waals surface area contributed by atoms with Crippen molar-refractivity contribution >= 4 is 5.69 Å². The standard InChI is InChI=1S/C8H15N3/c1-4-7-8(9)6(3)10-11(7)5-2/h4-5,9H2,1-3H3. The van der Waals surface area contributed by atoms with Crippen LogP contribution >= 0.6 is 0 Å². The molecule has 0 fully saturated rings. The minimum absolute atomic E-state index is 0.856. The summed E-state index contributed by atoms with van der Waals surface area (Å²) in [6.07, 6.45) is 0.959. The van der Waals surface area contributed by atoms with E-state index in [2.05, 4.69) is 18.9 Å². The summed E-state index contributed by atoms with van der Waals surface area (Å²) in [6.45, 7) is 7.02. The molecule has 0 aliphatic carbocycles. The predicted octanol–water partition coefficient (Wildman–Crippen LogP) is 1.36. The highest BCUT2D eigenvalue weighted by atomic mass is 15.3. The van der Waals surface area contributed by atoms with E-state index >= 15 is 0 Å². The molecule has 3 nitrogen and oxygen atoms in total. The zero-order valence-electron chi connectivity index (χ0n) is 7.39. The lowest BCUT2D eigenvalue weighted by atomic mass is 10.2. The Morgan fingerprint density at radius 2 is 2.09 bits per heavy atom. The Morgan fingerprint density at radius 3 is 2.45 bits per heavy atom. The smallest absolute Gasteiger partial charge is 0.0825 e. The molecular weight excluding hydrogens is 138 g/mol. The molecule has 0 saturated carbocycles. The molecule has 1 heterocycles. The van der Waals surface area contributed by atoms with Crippen molar-refractivity contribution in [3.05, 3.63) is 11.4 Å². The highest BCUT2D eigenvalue weighted by Crippen LogP contribution is 2.16. The predicted molar refractivity (Wildman–Crippen MR) is 46.4 cm³/mol. The maximum atomic E-state index is 5.81. The van der Waals surface area contributed by atoms with E-state index in [1.54, 1.807) is 0 Å². The van der Waals surface area contributed by atoms with E-state index in [9.17, 15) is 0 Å². The zero-order valence-corrected chi connectivity index (χ0v) is 7.39. The molecular formula is C8H15N3. The van der Waals surface area contributed by atoms with Gasteiger partial charge in [0, 0.05) is 6.54 Å². The fourth-order valence-electron chi connectivity index (χ4n) is 1.28. The molecule has 0 spiro atoms. The van der Waals surface area contributed by atoms with Gasteiger partial charge < -0.3 is 5.73 Å². The van der Waals surface area contributed by atoms with Crippen LogP contribution in [0, 0.1) is 6.92 Å². The Morgan fingerprint density at radius 1 is 1.45 bits per heavy atom. The lowest BCUT2D eigenvalue weighted by Gasteiger charge is -2.00. The summed E-state index contributed by atoms with van der Waals surface area (Å²) < 4.78 is 1.96. The van der Waals surface area contributed by atoms with Gasteiger partial charge in [-0.15, -0.1) is 0 Å². The van der Waals surface area contributed by atoms with Gasteiger partial charge in [-0.2, -0.15) is 5.10 Å². The van der Waals surface area contributed by atoms with Crippen LogP contribution in [0.15, 0.2) is 0 Å². The minimum atomic E-state index is 0.856. The molecule has 0 aromatic carbocycles. The quantitative estimate of drug-likeness (QED) is 0.697. The first kappa shape index (κ1) is 8.11. The first-order valence-electron chi connectivity index (χ1n) is 4.02. The maximum Gasteiger partial charge on any atom is 0.0825 e. The maximum absolute atomic E-state index is 5.81. The highest BCUT2D eigenvalue weighted by Gasteiger charge is 2.07. The molecule has 3 heteroatoms. The van der Waals surface area contributed by atoms with Crippen LogP contribution in [0.4, 0.5) is 5.69 Å². The molecule has 1 rings (SSSR count). The summed E-state index contributed by atoms with van der Waals surface area (Å²) in [5.74, 6) is 0. The summed E-state index contributed by atoms with van der Waals surface area (Å²) in [6, 6.07) is 0. The molecule has 1 aromatic rings. The van der Waals surface area contributed by atoms with Gasteiger partial charge in [-0.05, 0) is 20.3 Å². The summed E-state index contributed by atoms with van der Waals surface area (Å²) in [4.78, 5) is 0. The summed E-state index contributed by atoms with van der Waals surface area (Å²) in [5.41, 5.74) is 8.77. The van der Waals surface area contributed by atoms with Crippen LogP contribution in [-0.4, -0.2) is 9.78 Å². The first-order chi connectivity index (χ1) is 5.20. The van der Waals surface area contributed by atoms with Gasteiger partial charge >= 0.3 is 0 Å². The largest absolute Gasteiger partial charge is 0.396 e. The molecule has 0 amide bonds. The van der Waals surface area contributed by atoms with E-state index in [4.69, 9.17) is 5.73 Å². The lowest BCUT2D eigenvalue weighted by Crippen LogP contribution is -2.02. The number of anilines is 1. The van der Waals surface area contributed by atoms with Gasteiger partial charge in [0.05, 0.1) is 17.1 Å². The Balaban J connectivity index is 3.15. The number of rotatable bonds is 2. The third-order valence-electron chi connectivity index (χ3n) is 1.92. The van der Waals surface area contributed by atoms with E-state index in [1.165, 1.54) is 0 Å². The van der Waals surface area contributed by atoms with Crippen molar-refractivity contribution in [3.8, 4) is 0 Å². The average Bonchev–Trinajstić information content (AvgIpc) is 2.28.